The molecule has 0 aliphatic heterocycles. The van der Waals surface area contributed by atoms with E-state index < -0.39 is 23.7 Å². The van der Waals surface area contributed by atoms with Crippen LogP contribution in [0.25, 0.3) is 0 Å². The predicted octanol–water partition coefficient (Wildman–Crippen LogP) is 1.72. The molecule has 1 rings (SSSR count). The smallest absolute Gasteiger partial charge is 0.383 e. The molecule has 0 heterocycles. The molecular formula is C12H16ClF3N2O2. The van der Waals surface area contributed by atoms with Crippen molar-refractivity contribution >= 4 is 18.3 Å². The molecule has 0 saturated carbocycles. The van der Waals surface area contributed by atoms with Crippen LogP contribution in [0.4, 0.5) is 13.2 Å². The van der Waals surface area contributed by atoms with Crippen molar-refractivity contribution < 1.29 is 22.7 Å². The summed E-state index contributed by atoms with van der Waals surface area (Å²) in [7, 11) is 1.42. The number of nitrogens with two attached hydrogens (primary N) is 1. The Bertz CT molecular complexity index is 424. The molecule has 0 aromatic heterocycles. The molecule has 0 aliphatic carbocycles. The highest BCUT2D eigenvalue weighted by Crippen LogP contribution is 2.28. The number of alkyl halides is 3. The van der Waals surface area contributed by atoms with E-state index in [4.69, 9.17) is 10.5 Å². The summed E-state index contributed by atoms with van der Waals surface area (Å²) >= 11 is 0. The van der Waals surface area contributed by atoms with E-state index >= 15 is 0 Å². The summed E-state index contributed by atoms with van der Waals surface area (Å²) in [5.41, 5.74) is 5.32. The monoisotopic (exact) mass is 312 g/mol. The second-order valence-corrected chi connectivity index (χ2v) is 3.97. The lowest BCUT2D eigenvalue weighted by atomic mass is 10.1. The van der Waals surface area contributed by atoms with Crippen LogP contribution in [-0.4, -0.2) is 25.7 Å². The average Bonchev–Trinajstić information content (AvgIpc) is 2.35. The van der Waals surface area contributed by atoms with E-state index in [1.807, 2.05) is 0 Å². The summed E-state index contributed by atoms with van der Waals surface area (Å²) in [5.74, 6) is -0.415. The number of amides is 1. The summed E-state index contributed by atoms with van der Waals surface area (Å²) in [4.78, 5) is 11.4. The van der Waals surface area contributed by atoms with Gasteiger partial charge < -0.3 is 15.8 Å². The minimum Gasteiger partial charge on any atom is -0.383 e. The summed E-state index contributed by atoms with van der Waals surface area (Å²) in [5, 5.41) is 2.52. The number of benzene rings is 1. The van der Waals surface area contributed by atoms with E-state index in [0.29, 0.717) is 5.56 Å². The number of hydrogen-bond acceptors (Lipinski definition) is 3. The molecule has 0 unspecified atom stereocenters. The average molecular weight is 313 g/mol. The maximum Gasteiger partial charge on any atom is 0.416 e. The van der Waals surface area contributed by atoms with Crippen LogP contribution in [0.5, 0.6) is 0 Å². The maximum atomic E-state index is 12.3. The molecule has 0 fully saturated rings. The number of methoxy groups -OCH3 is 1. The van der Waals surface area contributed by atoms with Crippen LogP contribution in [-0.2, 0) is 22.3 Å². The van der Waals surface area contributed by atoms with Crippen LogP contribution in [0.3, 0.4) is 0 Å². The van der Waals surface area contributed by atoms with Gasteiger partial charge in [-0.05, 0) is 17.7 Å². The maximum absolute atomic E-state index is 12.3. The van der Waals surface area contributed by atoms with Crippen molar-refractivity contribution in [3.05, 3.63) is 35.4 Å². The normalized spacial score (nSPS) is 12.4. The lowest BCUT2D eigenvalue weighted by Gasteiger charge is -2.12. The number of hydrogen-bond donors (Lipinski definition) is 2. The largest absolute Gasteiger partial charge is 0.416 e. The van der Waals surface area contributed by atoms with Gasteiger partial charge in [-0.25, -0.2) is 0 Å². The molecule has 1 aromatic carbocycles. The van der Waals surface area contributed by atoms with Gasteiger partial charge in [0.15, 0.2) is 0 Å². The molecule has 1 amide bonds. The van der Waals surface area contributed by atoms with Crippen molar-refractivity contribution in [1.82, 2.24) is 5.32 Å². The zero-order chi connectivity index (χ0) is 14.5. The molecule has 20 heavy (non-hydrogen) atoms. The van der Waals surface area contributed by atoms with Gasteiger partial charge in [0.2, 0.25) is 5.91 Å². The van der Waals surface area contributed by atoms with Gasteiger partial charge in [0.05, 0.1) is 12.2 Å². The lowest BCUT2D eigenvalue weighted by molar-refractivity contribution is -0.137. The van der Waals surface area contributed by atoms with Gasteiger partial charge in [-0.15, -0.1) is 12.4 Å². The Morgan fingerprint density at radius 1 is 1.35 bits per heavy atom. The Morgan fingerprint density at radius 2 is 1.90 bits per heavy atom. The van der Waals surface area contributed by atoms with Crippen molar-refractivity contribution in [2.24, 2.45) is 5.73 Å². The van der Waals surface area contributed by atoms with Crippen molar-refractivity contribution in [2.75, 3.05) is 13.7 Å². The number of halogens is 4. The molecule has 1 aromatic rings. The molecule has 1 atom stereocenters. The fourth-order valence-corrected chi connectivity index (χ4v) is 1.39. The van der Waals surface area contributed by atoms with Crippen molar-refractivity contribution in [2.45, 2.75) is 18.8 Å². The Balaban J connectivity index is 0.00000361. The molecule has 0 radical (unpaired) electrons. The third kappa shape index (κ3) is 5.77. The fraction of sp³-hybridized carbons (Fsp3) is 0.417. The summed E-state index contributed by atoms with van der Waals surface area (Å²) in [6.45, 7) is 0.202. The van der Waals surface area contributed by atoms with Gasteiger partial charge in [0, 0.05) is 13.7 Å². The highest BCUT2D eigenvalue weighted by molar-refractivity contribution is 5.85. The van der Waals surface area contributed by atoms with Gasteiger partial charge in [-0.2, -0.15) is 13.2 Å². The van der Waals surface area contributed by atoms with E-state index in [0.717, 1.165) is 12.1 Å². The van der Waals surface area contributed by atoms with E-state index in [1.165, 1.54) is 19.2 Å². The first-order chi connectivity index (χ1) is 8.84. The van der Waals surface area contributed by atoms with E-state index in [2.05, 4.69) is 5.32 Å². The lowest BCUT2D eigenvalue weighted by Crippen LogP contribution is -2.43. The molecule has 0 bridgehead atoms. The van der Waals surface area contributed by atoms with Crippen LogP contribution in [0.2, 0.25) is 0 Å². The van der Waals surface area contributed by atoms with Crippen LogP contribution >= 0.6 is 12.4 Å². The molecule has 8 heteroatoms. The molecular weight excluding hydrogens is 297 g/mol. The highest BCUT2D eigenvalue weighted by atomic mass is 35.5. The zero-order valence-electron chi connectivity index (χ0n) is 10.7. The summed E-state index contributed by atoms with van der Waals surface area (Å²) in [6, 6.07) is 3.77. The van der Waals surface area contributed by atoms with Crippen molar-refractivity contribution in [1.29, 1.82) is 0 Å². The summed E-state index contributed by atoms with van der Waals surface area (Å²) < 4.78 is 41.7. The van der Waals surface area contributed by atoms with Gasteiger partial charge >= 0.3 is 6.18 Å². The first-order valence-corrected chi connectivity index (χ1v) is 5.53. The molecule has 0 spiro atoms. The Labute approximate surface area is 120 Å². The molecule has 0 saturated heterocycles. The van der Waals surface area contributed by atoms with Crippen molar-refractivity contribution in [3.63, 3.8) is 0 Å². The Hall–Kier alpha value is -1.31. The SMILES string of the molecule is COC[C@@H](N)C(=O)NCc1ccc(C(F)(F)F)cc1.Cl. The minimum absolute atomic E-state index is 0. The van der Waals surface area contributed by atoms with E-state index in [1.54, 1.807) is 0 Å². The predicted molar refractivity (Wildman–Crippen MR) is 70.4 cm³/mol. The highest BCUT2D eigenvalue weighted by Gasteiger charge is 2.29. The number of nitrogens with one attached hydrogen (secondary N) is 1. The van der Waals surface area contributed by atoms with Gasteiger partial charge in [0.25, 0.3) is 0 Å². The topological polar surface area (TPSA) is 64.3 Å². The first-order valence-electron chi connectivity index (χ1n) is 5.53. The number of rotatable bonds is 5. The van der Waals surface area contributed by atoms with Crippen LogP contribution < -0.4 is 11.1 Å². The summed E-state index contributed by atoms with van der Waals surface area (Å²) in [6.07, 6.45) is -4.36. The van der Waals surface area contributed by atoms with E-state index in [-0.39, 0.29) is 25.6 Å². The van der Waals surface area contributed by atoms with Gasteiger partial charge in [-0.1, -0.05) is 12.1 Å². The van der Waals surface area contributed by atoms with Crippen molar-refractivity contribution in [3.8, 4) is 0 Å². The second kappa shape index (κ2) is 8.08. The van der Waals surface area contributed by atoms with Gasteiger partial charge in [0.1, 0.15) is 6.04 Å². The Kier molecular flexibility index (Phi) is 7.55. The second-order valence-electron chi connectivity index (χ2n) is 3.97. The minimum atomic E-state index is -4.36. The molecule has 4 nitrogen and oxygen atoms in total. The van der Waals surface area contributed by atoms with E-state index in [9.17, 15) is 18.0 Å². The third-order valence-corrected chi connectivity index (χ3v) is 2.43. The van der Waals surface area contributed by atoms with Gasteiger partial charge in [-0.3, -0.25) is 4.79 Å². The van der Waals surface area contributed by atoms with Crippen LogP contribution in [0, 0.1) is 0 Å². The number of carbonyl (C=O) groups excluding carboxylic acids is 1. The standard InChI is InChI=1S/C12H15F3N2O2.ClH/c1-19-7-10(16)11(18)17-6-8-2-4-9(5-3-8)12(13,14)15;/h2-5,10H,6-7,16H2,1H3,(H,17,18);1H/t10-;/m1./s1. The molecule has 0 aliphatic rings. The fourth-order valence-electron chi connectivity index (χ4n) is 1.39. The first kappa shape index (κ1) is 18.7. The van der Waals surface area contributed by atoms with Crippen LogP contribution in [0.1, 0.15) is 11.1 Å². The molecule has 3 N–H and O–H groups in total. The quantitative estimate of drug-likeness (QED) is 0.870. The number of carbonyl (C=O) groups is 1. The van der Waals surface area contributed by atoms with Crippen LogP contribution in [0.15, 0.2) is 24.3 Å². The number of ether oxygens (including phenoxy) is 1. The molecule has 114 valence electrons. The third-order valence-electron chi connectivity index (χ3n) is 2.43. The zero-order valence-corrected chi connectivity index (χ0v) is 11.6. The Morgan fingerprint density at radius 3 is 2.35 bits per heavy atom.